The summed E-state index contributed by atoms with van der Waals surface area (Å²) >= 11 is 0. The number of carbonyl (C=O) groups is 1. The first-order valence-corrected chi connectivity index (χ1v) is 6.09. The number of nitrogens with zero attached hydrogens (tertiary/aromatic N) is 1. The van der Waals surface area contributed by atoms with Gasteiger partial charge in [0.05, 0.1) is 6.42 Å². The first-order chi connectivity index (χ1) is 8.94. The topological polar surface area (TPSA) is 38.8 Å². The highest BCUT2D eigenvalue weighted by atomic mass is 19.3. The summed E-state index contributed by atoms with van der Waals surface area (Å²) in [6, 6.07) is 4.76. The summed E-state index contributed by atoms with van der Waals surface area (Å²) in [6.07, 6.45) is -1.36. The maximum absolute atomic E-state index is 12.9. The van der Waals surface area contributed by atoms with Gasteiger partial charge in [0.1, 0.15) is 0 Å². The van der Waals surface area contributed by atoms with E-state index in [1.165, 1.54) is 12.1 Å². The Morgan fingerprint density at radius 2 is 2.05 bits per heavy atom. The molecular weight excluding hydrogens is 256 g/mol. The highest BCUT2D eigenvalue weighted by Gasteiger charge is 2.43. The second-order valence-electron chi connectivity index (χ2n) is 4.86. The van der Waals surface area contributed by atoms with Gasteiger partial charge < -0.3 is 14.4 Å². The molecule has 0 bridgehead atoms. The molecule has 0 aromatic heterocycles. The molecule has 1 aromatic rings. The molecule has 1 fully saturated rings. The lowest BCUT2D eigenvalue weighted by atomic mass is 10.1. The van der Waals surface area contributed by atoms with Gasteiger partial charge in [-0.05, 0) is 30.5 Å². The molecule has 1 saturated carbocycles. The molecular formula is C13H13F2NO3. The van der Waals surface area contributed by atoms with E-state index in [4.69, 9.17) is 0 Å². The van der Waals surface area contributed by atoms with Crippen molar-refractivity contribution < 1.29 is 23.0 Å². The Morgan fingerprint density at radius 3 is 2.74 bits per heavy atom. The van der Waals surface area contributed by atoms with E-state index < -0.39 is 6.29 Å². The van der Waals surface area contributed by atoms with Crippen LogP contribution in [0.1, 0.15) is 18.4 Å². The monoisotopic (exact) mass is 269 g/mol. The molecule has 6 heteroatoms. The van der Waals surface area contributed by atoms with Gasteiger partial charge in [-0.25, -0.2) is 0 Å². The van der Waals surface area contributed by atoms with Crippen LogP contribution in [-0.2, 0) is 11.2 Å². The van der Waals surface area contributed by atoms with Crippen LogP contribution in [0.2, 0.25) is 0 Å². The molecule has 0 radical (unpaired) electrons. The van der Waals surface area contributed by atoms with E-state index in [-0.39, 0.29) is 23.8 Å². The summed E-state index contributed by atoms with van der Waals surface area (Å²) in [5.41, 5.74) is 0.637. The molecule has 2 aliphatic rings. The number of benzene rings is 1. The van der Waals surface area contributed by atoms with Gasteiger partial charge in [0.2, 0.25) is 5.91 Å². The average Bonchev–Trinajstić information content (AvgIpc) is 3.10. The summed E-state index contributed by atoms with van der Waals surface area (Å²) in [6.45, 7) is 0. The van der Waals surface area contributed by atoms with Crippen LogP contribution < -0.4 is 9.47 Å². The zero-order valence-electron chi connectivity index (χ0n) is 10.4. The van der Waals surface area contributed by atoms with Gasteiger partial charge in [0.15, 0.2) is 11.5 Å². The summed E-state index contributed by atoms with van der Waals surface area (Å²) in [5, 5.41) is 0. The third-order valence-electron chi connectivity index (χ3n) is 3.31. The molecule has 102 valence electrons. The number of carbonyl (C=O) groups excluding carboxylic acids is 1. The van der Waals surface area contributed by atoms with E-state index in [2.05, 4.69) is 9.47 Å². The van der Waals surface area contributed by atoms with Gasteiger partial charge in [0.25, 0.3) is 0 Å². The van der Waals surface area contributed by atoms with Crippen molar-refractivity contribution in [3.8, 4) is 11.5 Å². The van der Waals surface area contributed by atoms with E-state index in [9.17, 15) is 13.6 Å². The van der Waals surface area contributed by atoms with Crippen molar-refractivity contribution in [2.75, 3.05) is 7.05 Å². The van der Waals surface area contributed by atoms with Crippen LogP contribution in [0.3, 0.4) is 0 Å². The third-order valence-corrected chi connectivity index (χ3v) is 3.31. The lowest BCUT2D eigenvalue weighted by Crippen LogP contribution is -2.30. The molecule has 1 aliphatic heterocycles. The van der Waals surface area contributed by atoms with E-state index in [0.717, 1.165) is 12.8 Å². The lowest BCUT2D eigenvalue weighted by Gasteiger charge is -2.16. The van der Waals surface area contributed by atoms with Crippen LogP contribution in [0.5, 0.6) is 11.5 Å². The molecule has 19 heavy (non-hydrogen) atoms. The van der Waals surface area contributed by atoms with E-state index in [0.29, 0.717) is 11.6 Å². The van der Waals surface area contributed by atoms with Crippen molar-refractivity contribution in [3.05, 3.63) is 23.8 Å². The Hall–Kier alpha value is -1.85. The van der Waals surface area contributed by atoms with Crippen molar-refractivity contribution in [1.82, 2.24) is 4.90 Å². The fourth-order valence-corrected chi connectivity index (χ4v) is 2.07. The van der Waals surface area contributed by atoms with Gasteiger partial charge in [-0.2, -0.15) is 0 Å². The normalized spacial score (nSPS) is 19.3. The van der Waals surface area contributed by atoms with Crippen molar-refractivity contribution in [2.45, 2.75) is 31.6 Å². The van der Waals surface area contributed by atoms with E-state index in [1.54, 1.807) is 18.0 Å². The number of amides is 1. The minimum atomic E-state index is -3.62. The van der Waals surface area contributed by atoms with Crippen molar-refractivity contribution >= 4 is 5.91 Å². The Bertz CT molecular complexity index is 529. The Balaban J connectivity index is 1.71. The van der Waals surface area contributed by atoms with Gasteiger partial charge >= 0.3 is 6.29 Å². The highest BCUT2D eigenvalue weighted by Crippen LogP contribution is 2.41. The maximum Gasteiger partial charge on any atom is 0.586 e. The van der Waals surface area contributed by atoms with E-state index >= 15 is 0 Å². The average molecular weight is 269 g/mol. The number of alkyl halides is 2. The standard InChI is InChI=1S/C13H13F2NO3/c1-16(9-3-4-9)12(17)7-8-2-5-10-11(6-8)19-13(14,15)18-10/h2,5-6,9H,3-4,7H2,1H3. The molecule has 0 atom stereocenters. The number of hydrogen-bond donors (Lipinski definition) is 0. The molecule has 0 saturated heterocycles. The summed E-state index contributed by atoms with van der Waals surface area (Å²) in [5.74, 6) is -0.0470. The maximum atomic E-state index is 12.9. The van der Waals surface area contributed by atoms with Crippen molar-refractivity contribution in [2.24, 2.45) is 0 Å². The molecule has 1 heterocycles. The summed E-state index contributed by atoms with van der Waals surface area (Å²) < 4.78 is 34.4. The smallest absolute Gasteiger partial charge is 0.395 e. The lowest BCUT2D eigenvalue weighted by molar-refractivity contribution is -0.286. The molecule has 4 nitrogen and oxygen atoms in total. The predicted molar refractivity (Wildman–Crippen MR) is 62.1 cm³/mol. The van der Waals surface area contributed by atoms with Crippen LogP contribution in [-0.4, -0.2) is 30.2 Å². The van der Waals surface area contributed by atoms with Gasteiger partial charge in [-0.15, -0.1) is 8.78 Å². The molecule has 1 aliphatic carbocycles. The molecule has 0 spiro atoms. The zero-order valence-corrected chi connectivity index (χ0v) is 10.4. The zero-order chi connectivity index (χ0) is 13.6. The fourth-order valence-electron chi connectivity index (χ4n) is 2.07. The Labute approximate surface area is 108 Å². The quantitative estimate of drug-likeness (QED) is 0.844. The SMILES string of the molecule is CN(C(=O)Cc1ccc2c(c1)OC(F)(F)O2)C1CC1. The van der Waals surface area contributed by atoms with Crippen molar-refractivity contribution in [1.29, 1.82) is 0 Å². The summed E-state index contributed by atoms with van der Waals surface area (Å²) in [4.78, 5) is 13.6. The largest absolute Gasteiger partial charge is 0.586 e. The molecule has 3 rings (SSSR count). The molecule has 0 N–H and O–H groups in total. The van der Waals surface area contributed by atoms with Crippen LogP contribution in [0.25, 0.3) is 0 Å². The minimum Gasteiger partial charge on any atom is -0.395 e. The highest BCUT2D eigenvalue weighted by molar-refractivity contribution is 5.79. The number of hydrogen-bond acceptors (Lipinski definition) is 3. The Morgan fingerprint density at radius 1 is 1.37 bits per heavy atom. The van der Waals surface area contributed by atoms with E-state index in [1.807, 2.05) is 0 Å². The minimum absolute atomic E-state index is 0.00301. The van der Waals surface area contributed by atoms with Gasteiger partial charge in [-0.1, -0.05) is 6.07 Å². The number of likely N-dealkylation sites (N-methyl/N-ethyl adjacent to an activating group) is 1. The second kappa shape index (κ2) is 4.08. The third kappa shape index (κ3) is 2.47. The molecule has 1 aromatic carbocycles. The second-order valence-corrected chi connectivity index (χ2v) is 4.86. The van der Waals surface area contributed by atoms with Gasteiger partial charge in [-0.3, -0.25) is 4.79 Å². The first-order valence-electron chi connectivity index (χ1n) is 6.09. The molecule has 1 amide bonds. The predicted octanol–water partition coefficient (Wildman–Crippen LogP) is 2.17. The van der Waals surface area contributed by atoms with Crippen LogP contribution in [0.4, 0.5) is 8.78 Å². The molecule has 0 unspecified atom stereocenters. The number of rotatable bonds is 3. The van der Waals surface area contributed by atoms with Gasteiger partial charge in [0, 0.05) is 13.1 Å². The fraction of sp³-hybridized carbons (Fsp3) is 0.462. The van der Waals surface area contributed by atoms with Crippen molar-refractivity contribution in [3.63, 3.8) is 0 Å². The van der Waals surface area contributed by atoms with Crippen LogP contribution in [0, 0.1) is 0 Å². The number of halogens is 2. The Kier molecular flexibility index (Phi) is 2.62. The van der Waals surface area contributed by atoms with Crippen LogP contribution >= 0.6 is 0 Å². The number of ether oxygens (including phenoxy) is 2. The summed E-state index contributed by atoms with van der Waals surface area (Å²) in [7, 11) is 1.77. The van der Waals surface area contributed by atoms with Crippen LogP contribution in [0.15, 0.2) is 18.2 Å². The first kappa shape index (κ1) is 12.2. The number of fused-ring (bicyclic) bond motifs is 1.